The molecular formula is C20H13F4N3O4S. The molecule has 0 radical (unpaired) electrons. The van der Waals surface area contributed by atoms with Crippen molar-refractivity contribution in [2.75, 3.05) is 10.6 Å². The predicted octanol–water partition coefficient (Wildman–Crippen LogP) is 5.63. The second-order valence-corrected chi connectivity index (χ2v) is 7.74. The first kappa shape index (κ1) is 22.9. The van der Waals surface area contributed by atoms with Gasteiger partial charge in [-0.05, 0) is 49.4 Å². The molecule has 0 aliphatic heterocycles. The predicted molar refractivity (Wildman–Crippen MR) is 109 cm³/mol. The summed E-state index contributed by atoms with van der Waals surface area (Å²) in [4.78, 5) is 34.9. The van der Waals surface area contributed by atoms with Crippen LogP contribution >= 0.6 is 11.3 Å². The van der Waals surface area contributed by atoms with Crippen molar-refractivity contribution in [2.24, 2.45) is 0 Å². The van der Waals surface area contributed by atoms with Crippen LogP contribution in [0, 0.1) is 22.9 Å². The lowest BCUT2D eigenvalue weighted by Crippen LogP contribution is -2.17. The number of alkyl halides is 3. The van der Waals surface area contributed by atoms with Crippen LogP contribution < -0.4 is 10.6 Å². The molecule has 2 aromatic carbocycles. The molecule has 2 N–H and O–H groups in total. The SMILES string of the molecule is Cc1sc(C(=O)Nc2ccc(NC(=O)c3ccc(F)cc3)cc2C(F)(F)F)cc1[N+](=O)[O-]. The maximum absolute atomic E-state index is 13.6. The van der Waals surface area contributed by atoms with Gasteiger partial charge in [0, 0.05) is 17.3 Å². The van der Waals surface area contributed by atoms with Crippen LogP contribution in [-0.2, 0) is 6.18 Å². The van der Waals surface area contributed by atoms with E-state index in [0.29, 0.717) is 6.07 Å². The molecule has 0 saturated heterocycles. The lowest BCUT2D eigenvalue weighted by Gasteiger charge is -2.15. The van der Waals surface area contributed by atoms with Crippen molar-refractivity contribution in [3.63, 3.8) is 0 Å². The van der Waals surface area contributed by atoms with E-state index in [1.54, 1.807) is 0 Å². The molecular weight excluding hydrogens is 454 g/mol. The number of nitrogens with one attached hydrogen (secondary N) is 2. The normalized spacial score (nSPS) is 11.2. The quantitative estimate of drug-likeness (QED) is 0.289. The molecule has 0 aliphatic rings. The van der Waals surface area contributed by atoms with Gasteiger partial charge in [0.25, 0.3) is 17.5 Å². The number of nitrogens with zero attached hydrogens (tertiary/aromatic N) is 1. The molecule has 2 amide bonds. The summed E-state index contributed by atoms with van der Waals surface area (Å²) in [5, 5.41) is 15.3. The fourth-order valence-electron chi connectivity index (χ4n) is 2.72. The van der Waals surface area contributed by atoms with E-state index in [1.165, 1.54) is 19.1 Å². The largest absolute Gasteiger partial charge is 0.418 e. The van der Waals surface area contributed by atoms with E-state index in [0.717, 1.165) is 41.7 Å². The van der Waals surface area contributed by atoms with Crippen molar-refractivity contribution in [2.45, 2.75) is 13.1 Å². The Morgan fingerprint density at radius 2 is 1.66 bits per heavy atom. The van der Waals surface area contributed by atoms with Crippen LogP contribution in [0.25, 0.3) is 0 Å². The Morgan fingerprint density at radius 3 is 2.22 bits per heavy atom. The zero-order valence-electron chi connectivity index (χ0n) is 16.1. The van der Waals surface area contributed by atoms with E-state index >= 15 is 0 Å². The van der Waals surface area contributed by atoms with Crippen LogP contribution in [0.2, 0.25) is 0 Å². The van der Waals surface area contributed by atoms with Gasteiger partial charge in [0.05, 0.1) is 25.9 Å². The van der Waals surface area contributed by atoms with Gasteiger partial charge in [0.2, 0.25) is 0 Å². The molecule has 0 atom stereocenters. The van der Waals surface area contributed by atoms with Gasteiger partial charge in [-0.3, -0.25) is 19.7 Å². The molecule has 0 saturated carbocycles. The highest BCUT2D eigenvalue weighted by Gasteiger charge is 2.35. The summed E-state index contributed by atoms with van der Waals surface area (Å²) in [6.07, 6.45) is -4.88. The first-order valence-electron chi connectivity index (χ1n) is 8.80. The number of nitro groups is 1. The monoisotopic (exact) mass is 467 g/mol. The van der Waals surface area contributed by atoms with Crippen LogP contribution in [0.4, 0.5) is 34.6 Å². The number of amides is 2. The molecule has 1 aromatic heterocycles. The highest BCUT2D eigenvalue weighted by molar-refractivity contribution is 7.14. The van der Waals surface area contributed by atoms with Crippen molar-refractivity contribution in [3.05, 3.63) is 85.3 Å². The van der Waals surface area contributed by atoms with E-state index in [9.17, 15) is 37.3 Å². The van der Waals surface area contributed by atoms with E-state index in [-0.39, 0.29) is 26.7 Å². The average molecular weight is 467 g/mol. The minimum atomic E-state index is -4.88. The van der Waals surface area contributed by atoms with Crippen LogP contribution in [0.1, 0.15) is 30.5 Å². The van der Waals surface area contributed by atoms with Crippen molar-refractivity contribution in [1.29, 1.82) is 0 Å². The fraction of sp³-hybridized carbons (Fsp3) is 0.100. The Hall–Kier alpha value is -3.80. The summed E-state index contributed by atoms with van der Waals surface area (Å²) >= 11 is 0.775. The molecule has 0 bridgehead atoms. The number of thiophene rings is 1. The van der Waals surface area contributed by atoms with E-state index < -0.39 is 40.0 Å². The summed E-state index contributed by atoms with van der Waals surface area (Å²) in [6.45, 7) is 1.42. The maximum Gasteiger partial charge on any atom is 0.418 e. The Labute approximate surface area is 181 Å². The van der Waals surface area contributed by atoms with Crippen LogP contribution in [0.3, 0.4) is 0 Å². The third kappa shape index (κ3) is 5.09. The second-order valence-electron chi connectivity index (χ2n) is 6.48. The van der Waals surface area contributed by atoms with E-state index in [4.69, 9.17) is 0 Å². The minimum Gasteiger partial charge on any atom is -0.322 e. The Kier molecular flexibility index (Phi) is 6.25. The Bertz CT molecular complexity index is 1210. The molecule has 32 heavy (non-hydrogen) atoms. The third-order valence-corrected chi connectivity index (χ3v) is 5.29. The molecule has 1 heterocycles. The van der Waals surface area contributed by atoms with Crippen molar-refractivity contribution in [1.82, 2.24) is 0 Å². The molecule has 0 aliphatic carbocycles. The Morgan fingerprint density at radius 1 is 1.00 bits per heavy atom. The van der Waals surface area contributed by atoms with Crippen molar-refractivity contribution in [3.8, 4) is 0 Å². The first-order valence-corrected chi connectivity index (χ1v) is 9.61. The molecule has 0 unspecified atom stereocenters. The van der Waals surface area contributed by atoms with Gasteiger partial charge in [-0.25, -0.2) is 4.39 Å². The molecule has 0 spiro atoms. The molecule has 3 rings (SSSR count). The molecule has 0 fully saturated rings. The zero-order valence-corrected chi connectivity index (χ0v) is 16.9. The van der Waals surface area contributed by atoms with Crippen molar-refractivity contribution < 1.29 is 32.1 Å². The van der Waals surface area contributed by atoms with Gasteiger partial charge in [0.15, 0.2) is 0 Å². The summed E-state index contributed by atoms with van der Waals surface area (Å²) in [6, 6.07) is 8.14. The number of aryl methyl sites for hydroxylation is 1. The summed E-state index contributed by atoms with van der Waals surface area (Å²) in [5.74, 6) is -2.27. The minimum absolute atomic E-state index is 0.0343. The third-order valence-electron chi connectivity index (χ3n) is 4.25. The number of benzene rings is 2. The van der Waals surface area contributed by atoms with Gasteiger partial charge in [-0.2, -0.15) is 13.2 Å². The first-order chi connectivity index (χ1) is 15.0. The molecule has 166 valence electrons. The second kappa shape index (κ2) is 8.75. The van der Waals surface area contributed by atoms with Gasteiger partial charge < -0.3 is 10.6 Å². The van der Waals surface area contributed by atoms with Crippen LogP contribution in [0.15, 0.2) is 48.5 Å². The standard InChI is InChI=1S/C20H13F4N3O4S/c1-10-16(27(30)31)9-17(32-10)19(29)26-15-7-6-13(8-14(15)20(22,23)24)25-18(28)11-2-4-12(21)5-3-11/h2-9H,1H3,(H,25,28)(H,26,29). The molecule has 12 heteroatoms. The number of carbonyl (C=O) groups is 2. The van der Waals surface area contributed by atoms with E-state index in [2.05, 4.69) is 10.6 Å². The maximum atomic E-state index is 13.6. The summed E-state index contributed by atoms with van der Waals surface area (Å²) in [5.41, 5.74) is -2.30. The highest BCUT2D eigenvalue weighted by atomic mass is 32.1. The Balaban J connectivity index is 1.86. The lowest BCUT2D eigenvalue weighted by molar-refractivity contribution is -0.385. The van der Waals surface area contributed by atoms with E-state index in [1.807, 2.05) is 0 Å². The van der Waals surface area contributed by atoms with Gasteiger partial charge in [-0.1, -0.05) is 0 Å². The van der Waals surface area contributed by atoms with Crippen LogP contribution in [0.5, 0.6) is 0 Å². The number of rotatable bonds is 5. The average Bonchev–Trinajstić information content (AvgIpc) is 3.11. The summed E-state index contributed by atoms with van der Waals surface area (Å²) < 4.78 is 53.7. The number of anilines is 2. The number of halogens is 4. The van der Waals surface area contributed by atoms with Gasteiger partial charge in [0.1, 0.15) is 5.82 Å². The lowest BCUT2D eigenvalue weighted by atomic mass is 10.1. The number of carbonyl (C=O) groups excluding carboxylic acids is 2. The fourth-order valence-corrected chi connectivity index (χ4v) is 3.60. The number of hydrogen-bond donors (Lipinski definition) is 2. The topological polar surface area (TPSA) is 101 Å². The van der Waals surface area contributed by atoms with Crippen LogP contribution in [-0.4, -0.2) is 16.7 Å². The van der Waals surface area contributed by atoms with Gasteiger partial charge >= 0.3 is 6.18 Å². The van der Waals surface area contributed by atoms with Crippen molar-refractivity contribution >= 4 is 40.2 Å². The smallest absolute Gasteiger partial charge is 0.322 e. The number of hydrogen-bond acceptors (Lipinski definition) is 5. The molecule has 3 aromatic rings. The molecule has 7 nitrogen and oxygen atoms in total. The van der Waals surface area contributed by atoms with Gasteiger partial charge in [-0.15, -0.1) is 11.3 Å². The highest BCUT2D eigenvalue weighted by Crippen LogP contribution is 2.37. The zero-order chi connectivity index (χ0) is 23.6. The summed E-state index contributed by atoms with van der Waals surface area (Å²) in [7, 11) is 0.